The van der Waals surface area contributed by atoms with E-state index in [9.17, 15) is 9.59 Å². The molecule has 0 spiro atoms. The van der Waals surface area contributed by atoms with Crippen molar-refractivity contribution in [2.24, 2.45) is 0 Å². The Morgan fingerprint density at radius 2 is 1.92 bits per heavy atom. The summed E-state index contributed by atoms with van der Waals surface area (Å²) in [5, 5.41) is 6.89. The van der Waals surface area contributed by atoms with E-state index in [4.69, 9.17) is 9.47 Å². The Morgan fingerprint density at radius 1 is 1.16 bits per heavy atom. The second kappa shape index (κ2) is 9.58. The van der Waals surface area contributed by atoms with Crippen LogP contribution in [0.25, 0.3) is 0 Å². The summed E-state index contributed by atoms with van der Waals surface area (Å²) in [6.07, 6.45) is 2.01. The van der Waals surface area contributed by atoms with Crippen LogP contribution in [0, 0.1) is 0 Å². The number of hydrogen-bond acceptors (Lipinski definition) is 5. The maximum absolute atomic E-state index is 12.1. The van der Waals surface area contributed by atoms with Crippen LogP contribution in [0.3, 0.4) is 0 Å². The first-order chi connectivity index (χ1) is 12.1. The third-order valence-electron chi connectivity index (χ3n) is 3.50. The Balaban J connectivity index is 1.78. The van der Waals surface area contributed by atoms with E-state index >= 15 is 0 Å². The predicted molar refractivity (Wildman–Crippen MR) is 93.9 cm³/mol. The highest BCUT2D eigenvalue weighted by molar-refractivity contribution is 5.99. The molecule has 1 aromatic heterocycles. The number of rotatable bonds is 10. The van der Waals surface area contributed by atoms with Gasteiger partial charge in [0.25, 0.3) is 0 Å². The second-order valence-electron chi connectivity index (χ2n) is 5.39. The monoisotopic (exact) mass is 345 g/mol. The van der Waals surface area contributed by atoms with E-state index in [1.165, 1.54) is 0 Å². The van der Waals surface area contributed by atoms with Gasteiger partial charge in [0.15, 0.2) is 11.6 Å². The molecule has 0 atom stereocenters. The number of benzene rings is 1. The lowest BCUT2D eigenvalue weighted by molar-refractivity contribution is -0.116. The Labute approximate surface area is 146 Å². The van der Waals surface area contributed by atoms with Crippen molar-refractivity contribution in [1.82, 2.24) is 9.78 Å². The van der Waals surface area contributed by atoms with Crippen LogP contribution in [0.5, 0.6) is 5.75 Å². The molecule has 0 saturated carbocycles. The zero-order chi connectivity index (χ0) is 18.1. The van der Waals surface area contributed by atoms with Crippen molar-refractivity contribution < 1.29 is 19.1 Å². The number of carbonyl (C=O) groups is 2. The average Bonchev–Trinajstić information content (AvgIpc) is 3.06. The molecule has 0 fully saturated rings. The second-order valence-corrected chi connectivity index (χ2v) is 5.39. The highest BCUT2D eigenvalue weighted by Gasteiger charge is 2.11. The van der Waals surface area contributed by atoms with Gasteiger partial charge in [-0.1, -0.05) is 0 Å². The van der Waals surface area contributed by atoms with Gasteiger partial charge in [0.1, 0.15) is 5.75 Å². The maximum atomic E-state index is 12.1. The molecule has 2 rings (SSSR count). The minimum atomic E-state index is -0.240. The van der Waals surface area contributed by atoms with Crippen LogP contribution >= 0.6 is 0 Å². The summed E-state index contributed by atoms with van der Waals surface area (Å²) in [5.74, 6) is 0.871. The lowest BCUT2D eigenvalue weighted by atomic mass is 10.1. The van der Waals surface area contributed by atoms with E-state index in [1.54, 1.807) is 48.3 Å². The van der Waals surface area contributed by atoms with Crippen LogP contribution in [0.1, 0.15) is 30.1 Å². The van der Waals surface area contributed by atoms with E-state index in [2.05, 4.69) is 10.4 Å². The molecule has 2 aromatic rings. The zero-order valence-electron chi connectivity index (χ0n) is 14.5. The fourth-order valence-corrected chi connectivity index (χ4v) is 2.22. The smallest absolute Gasteiger partial charge is 0.226 e. The van der Waals surface area contributed by atoms with E-state index in [0.29, 0.717) is 31.1 Å². The number of ether oxygens (including phenoxy) is 2. The van der Waals surface area contributed by atoms with Gasteiger partial charge < -0.3 is 14.8 Å². The van der Waals surface area contributed by atoms with Crippen molar-refractivity contribution in [3.63, 3.8) is 0 Å². The van der Waals surface area contributed by atoms with Gasteiger partial charge in [0.05, 0.1) is 19.8 Å². The van der Waals surface area contributed by atoms with Gasteiger partial charge in [-0.15, -0.1) is 0 Å². The van der Waals surface area contributed by atoms with Gasteiger partial charge in [0, 0.05) is 37.8 Å². The minimum absolute atomic E-state index is 0.0798. The Hall–Kier alpha value is -2.67. The SMILES string of the molecule is CCOc1ccc(C(=O)CCC(=O)Nc2ccn(CCOC)n2)cc1. The summed E-state index contributed by atoms with van der Waals surface area (Å²) in [6, 6.07) is 8.64. The van der Waals surface area contributed by atoms with Crippen molar-refractivity contribution in [1.29, 1.82) is 0 Å². The van der Waals surface area contributed by atoms with Crippen LogP contribution < -0.4 is 10.1 Å². The number of aromatic nitrogens is 2. The Morgan fingerprint density at radius 3 is 2.60 bits per heavy atom. The number of carbonyl (C=O) groups excluding carboxylic acids is 2. The number of nitrogens with one attached hydrogen (secondary N) is 1. The zero-order valence-corrected chi connectivity index (χ0v) is 14.5. The number of nitrogens with zero attached hydrogens (tertiary/aromatic N) is 2. The number of methoxy groups -OCH3 is 1. The van der Waals surface area contributed by atoms with Crippen molar-refractivity contribution in [3.8, 4) is 5.75 Å². The molecule has 1 aromatic carbocycles. The van der Waals surface area contributed by atoms with Gasteiger partial charge >= 0.3 is 0 Å². The molecule has 1 N–H and O–H groups in total. The van der Waals surface area contributed by atoms with Crippen LogP contribution in [-0.4, -0.2) is 41.8 Å². The first-order valence-electron chi connectivity index (χ1n) is 8.20. The predicted octanol–water partition coefficient (Wildman–Crippen LogP) is 2.53. The normalized spacial score (nSPS) is 10.5. The van der Waals surface area contributed by atoms with Crippen molar-refractivity contribution in [2.45, 2.75) is 26.3 Å². The highest BCUT2D eigenvalue weighted by atomic mass is 16.5. The lowest BCUT2D eigenvalue weighted by Crippen LogP contribution is -2.14. The summed E-state index contributed by atoms with van der Waals surface area (Å²) in [7, 11) is 1.62. The van der Waals surface area contributed by atoms with Crippen LogP contribution in [-0.2, 0) is 16.1 Å². The highest BCUT2D eigenvalue weighted by Crippen LogP contribution is 2.14. The summed E-state index contributed by atoms with van der Waals surface area (Å²) in [4.78, 5) is 24.1. The number of anilines is 1. The van der Waals surface area contributed by atoms with E-state index in [1.807, 2.05) is 6.92 Å². The van der Waals surface area contributed by atoms with Gasteiger partial charge in [0.2, 0.25) is 5.91 Å². The topological polar surface area (TPSA) is 82.5 Å². The Bertz CT molecular complexity index is 695. The third kappa shape index (κ3) is 6.04. The number of amides is 1. The molecule has 0 aliphatic rings. The number of hydrogen-bond donors (Lipinski definition) is 1. The molecule has 1 heterocycles. The number of Topliss-reactive ketones (excluding diaryl/α,β-unsaturated/α-hetero) is 1. The van der Waals surface area contributed by atoms with Gasteiger partial charge in [-0.05, 0) is 31.2 Å². The molecule has 0 radical (unpaired) electrons. The molecule has 0 aliphatic carbocycles. The summed E-state index contributed by atoms with van der Waals surface area (Å²) in [6.45, 7) is 3.64. The molecular formula is C18H23N3O4. The molecule has 0 aliphatic heterocycles. The van der Waals surface area contributed by atoms with Crippen molar-refractivity contribution in [2.75, 3.05) is 25.6 Å². The molecule has 25 heavy (non-hydrogen) atoms. The fourth-order valence-electron chi connectivity index (χ4n) is 2.22. The fraction of sp³-hybridized carbons (Fsp3) is 0.389. The first kappa shape index (κ1) is 18.7. The standard InChI is InChI=1S/C18H23N3O4/c1-3-25-15-6-4-14(5-7-15)16(22)8-9-18(23)19-17-10-11-21(20-17)12-13-24-2/h4-7,10-11H,3,8-9,12-13H2,1-2H3,(H,19,20,23). The van der Waals surface area contributed by atoms with Gasteiger partial charge in [-0.3, -0.25) is 14.3 Å². The van der Waals surface area contributed by atoms with E-state index in [-0.39, 0.29) is 24.5 Å². The largest absolute Gasteiger partial charge is 0.494 e. The van der Waals surface area contributed by atoms with Crippen LogP contribution in [0.4, 0.5) is 5.82 Å². The van der Waals surface area contributed by atoms with Crippen LogP contribution in [0.2, 0.25) is 0 Å². The molecule has 1 amide bonds. The van der Waals surface area contributed by atoms with Crippen molar-refractivity contribution in [3.05, 3.63) is 42.1 Å². The molecule has 0 saturated heterocycles. The summed E-state index contributed by atoms with van der Waals surface area (Å²) >= 11 is 0. The van der Waals surface area contributed by atoms with Gasteiger partial charge in [-0.2, -0.15) is 5.10 Å². The molecule has 7 nitrogen and oxygen atoms in total. The molecule has 7 heteroatoms. The van der Waals surface area contributed by atoms with Gasteiger partial charge in [-0.25, -0.2) is 0 Å². The molecule has 134 valence electrons. The molecule has 0 bridgehead atoms. The first-order valence-corrected chi connectivity index (χ1v) is 8.20. The average molecular weight is 345 g/mol. The maximum Gasteiger partial charge on any atom is 0.226 e. The molecular weight excluding hydrogens is 322 g/mol. The van der Waals surface area contributed by atoms with Crippen molar-refractivity contribution >= 4 is 17.5 Å². The van der Waals surface area contributed by atoms with E-state index in [0.717, 1.165) is 5.75 Å². The van der Waals surface area contributed by atoms with Crippen LogP contribution in [0.15, 0.2) is 36.5 Å². The quantitative estimate of drug-likeness (QED) is 0.669. The summed E-state index contributed by atoms with van der Waals surface area (Å²) < 4.78 is 12.0. The molecule has 0 unspecified atom stereocenters. The summed E-state index contributed by atoms with van der Waals surface area (Å²) in [5.41, 5.74) is 0.570. The number of ketones is 1. The lowest BCUT2D eigenvalue weighted by Gasteiger charge is -2.05. The van der Waals surface area contributed by atoms with E-state index < -0.39 is 0 Å². The Kier molecular flexibility index (Phi) is 7.16. The minimum Gasteiger partial charge on any atom is -0.494 e. The third-order valence-corrected chi connectivity index (χ3v) is 3.50.